The molecule has 0 saturated carbocycles. The number of piperidine rings is 1. The van der Waals surface area contributed by atoms with E-state index in [0.717, 1.165) is 31.4 Å². The lowest BCUT2D eigenvalue weighted by Gasteiger charge is -2.35. The van der Waals surface area contributed by atoms with Crippen molar-refractivity contribution in [3.05, 3.63) is 65.5 Å². The molecule has 5 nitrogen and oxygen atoms in total. The summed E-state index contributed by atoms with van der Waals surface area (Å²) in [6, 6.07) is 13.1. The lowest BCUT2D eigenvalue weighted by Crippen LogP contribution is -2.46. The summed E-state index contributed by atoms with van der Waals surface area (Å²) in [6.45, 7) is 4.04. The topological polar surface area (TPSA) is 55.8 Å². The van der Waals surface area contributed by atoms with Crippen LogP contribution in [0.1, 0.15) is 54.4 Å². The van der Waals surface area contributed by atoms with Crippen LogP contribution in [0.25, 0.3) is 0 Å². The molecule has 3 rings (SSSR count). The van der Waals surface area contributed by atoms with Gasteiger partial charge in [0, 0.05) is 13.0 Å². The molecule has 1 fully saturated rings. The molecule has 1 aliphatic rings. The number of methoxy groups -OCH3 is 1. The molecular formula is C25H30FNO4. The number of Topliss-reactive ketones (excluding diaryl/α,β-unsaturated/α-hetero) is 1. The largest absolute Gasteiger partial charge is 0.492 e. The number of nitrogens with zero attached hydrogens (tertiary/aromatic N) is 1. The minimum atomic E-state index is -0.365. The Bertz CT molecular complexity index is 866. The number of likely N-dealkylation sites (tertiary alicyclic amines) is 1. The van der Waals surface area contributed by atoms with Crippen LogP contribution in [0, 0.1) is 5.82 Å². The molecule has 1 aliphatic heterocycles. The van der Waals surface area contributed by atoms with Crippen molar-refractivity contribution in [3.63, 3.8) is 0 Å². The maximum absolute atomic E-state index is 13.1. The van der Waals surface area contributed by atoms with E-state index in [1.807, 2.05) is 19.1 Å². The zero-order chi connectivity index (χ0) is 22.2. The van der Waals surface area contributed by atoms with Gasteiger partial charge < -0.3 is 9.47 Å². The van der Waals surface area contributed by atoms with Crippen molar-refractivity contribution in [2.45, 2.75) is 44.6 Å². The van der Waals surface area contributed by atoms with Gasteiger partial charge in [0.05, 0.1) is 18.7 Å². The Kier molecular flexibility index (Phi) is 8.18. The first-order chi connectivity index (χ1) is 15.0. The van der Waals surface area contributed by atoms with E-state index in [1.165, 1.54) is 19.2 Å². The summed E-state index contributed by atoms with van der Waals surface area (Å²) in [4.78, 5) is 26.9. The van der Waals surface area contributed by atoms with E-state index in [1.54, 1.807) is 24.3 Å². The van der Waals surface area contributed by atoms with Crippen molar-refractivity contribution in [1.82, 2.24) is 4.90 Å². The molecule has 6 heteroatoms. The summed E-state index contributed by atoms with van der Waals surface area (Å²) in [7, 11) is 1.36. The molecule has 0 aromatic heterocycles. The number of carbonyl (C=O) groups is 2. The first kappa shape index (κ1) is 22.9. The fourth-order valence-electron chi connectivity index (χ4n) is 4.06. The monoisotopic (exact) mass is 427 g/mol. The van der Waals surface area contributed by atoms with Crippen LogP contribution in [0.2, 0.25) is 0 Å². The minimum absolute atomic E-state index is 0.0680. The highest BCUT2D eigenvalue weighted by molar-refractivity contribution is 5.89. The highest BCUT2D eigenvalue weighted by Crippen LogP contribution is 2.25. The maximum Gasteiger partial charge on any atom is 0.337 e. The van der Waals surface area contributed by atoms with E-state index in [-0.39, 0.29) is 29.5 Å². The minimum Gasteiger partial charge on any atom is -0.492 e. The van der Waals surface area contributed by atoms with Crippen molar-refractivity contribution in [1.29, 1.82) is 0 Å². The van der Waals surface area contributed by atoms with Crippen LogP contribution in [0.4, 0.5) is 4.39 Å². The molecule has 0 bridgehead atoms. The Morgan fingerprint density at radius 1 is 1.10 bits per heavy atom. The Balaban J connectivity index is 1.54. The molecule has 0 N–H and O–H groups in total. The second-order valence-electron chi connectivity index (χ2n) is 8.04. The average Bonchev–Trinajstić information content (AvgIpc) is 2.80. The average molecular weight is 428 g/mol. The second kappa shape index (κ2) is 11.0. The summed E-state index contributed by atoms with van der Waals surface area (Å²) in [5, 5.41) is 0. The van der Waals surface area contributed by atoms with Crippen molar-refractivity contribution in [2.75, 3.05) is 26.8 Å². The number of benzene rings is 2. The first-order valence-corrected chi connectivity index (χ1v) is 10.8. The number of hydrogen-bond donors (Lipinski definition) is 0. The van der Waals surface area contributed by atoms with Crippen LogP contribution < -0.4 is 4.74 Å². The standard InChI is InChI=1S/C25H30FNO4/c1-18(19-6-8-20(9-7-19)25(29)30-2)17-24(28)23-5-3-4-14-27(23)15-16-31-22-12-10-21(26)11-13-22/h6-13,18,23H,3-5,14-17H2,1-2H3/t18-,23-/m1/s1. The summed E-state index contributed by atoms with van der Waals surface area (Å²) in [5.41, 5.74) is 1.53. The molecular weight excluding hydrogens is 397 g/mol. The molecule has 31 heavy (non-hydrogen) atoms. The van der Waals surface area contributed by atoms with Gasteiger partial charge in [-0.05, 0) is 67.3 Å². The number of ether oxygens (including phenoxy) is 2. The van der Waals surface area contributed by atoms with Crippen molar-refractivity contribution in [2.24, 2.45) is 0 Å². The van der Waals surface area contributed by atoms with Crippen LogP contribution in [0.5, 0.6) is 5.75 Å². The van der Waals surface area contributed by atoms with Gasteiger partial charge >= 0.3 is 5.97 Å². The molecule has 166 valence electrons. The van der Waals surface area contributed by atoms with Gasteiger partial charge in [-0.3, -0.25) is 9.69 Å². The SMILES string of the molecule is COC(=O)c1ccc([C@H](C)CC(=O)[C@H]2CCCCN2CCOc2ccc(F)cc2)cc1. The molecule has 0 radical (unpaired) electrons. The number of halogens is 1. The highest BCUT2D eigenvalue weighted by atomic mass is 19.1. The van der Waals surface area contributed by atoms with Crippen molar-refractivity contribution < 1.29 is 23.5 Å². The molecule has 1 saturated heterocycles. The number of esters is 1. The number of ketones is 1. The van der Waals surface area contributed by atoms with E-state index >= 15 is 0 Å². The van der Waals surface area contributed by atoms with Gasteiger partial charge in [-0.25, -0.2) is 9.18 Å². The van der Waals surface area contributed by atoms with Crippen molar-refractivity contribution in [3.8, 4) is 5.75 Å². The molecule has 0 spiro atoms. The predicted octanol–water partition coefficient (Wildman–Crippen LogP) is 4.61. The Morgan fingerprint density at radius 3 is 2.48 bits per heavy atom. The van der Waals surface area contributed by atoms with E-state index < -0.39 is 0 Å². The van der Waals surface area contributed by atoms with Crippen LogP contribution in [-0.4, -0.2) is 49.5 Å². The molecule has 2 aromatic rings. The van der Waals surface area contributed by atoms with Crippen LogP contribution in [-0.2, 0) is 9.53 Å². The van der Waals surface area contributed by atoms with Gasteiger partial charge in [0.15, 0.2) is 5.78 Å². The van der Waals surface area contributed by atoms with E-state index in [0.29, 0.717) is 30.9 Å². The van der Waals surface area contributed by atoms with Gasteiger partial charge in [0.1, 0.15) is 18.2 Å². The van der Waals surface area contributed by atoms with E-state index in [4.69, 9.17) is 9.47 Å². The highest BCUT2D eigenvalue weighted by Gasteiger charge is 2.29. The zero-order valence-electron chi connectivity index (χ0n) is 18.2. The van der Waals surface area contributed by atoms with E-state index in [2.05, 4.69) is 4.90 Å². The third kappa shape index (κ3) is 6.37. The summed E-state index contributed by atoms with van der Waals surface area (Å²) in [6.07, 6.45) is 3.44. The number of rotatable bonds is 9. The fourth-order valence-corrected chi connectivity index (χ4v) is 4.06. The Labute approximate surface area is 183 Å². The lowest BCUT2D eigenvalue weighted by atomic mass is 9.89. The molecule has 2 atom stereocenters. The smallest absolute Gasteiger partial charge is 0.337 e. The van der Waals surface area contributed by atoms with Gasteiger partial charge in [-0.2, -0.15) is 0 Å². The van der Waals surface area contributed by atoms with Crippen LogP contribution in [0.15, 0.2) is 48.5 Å². The lowest BCUT2D eigenvalue weighted by molar-refractivity contribution is -0.126. The molecule has 1 heterocycles. The molecule has 2 aromatic carbocycles. The van der Waals surface area contributed by atoms with Gasteiger partial charge in [0.2, 0.25) is 0 Å². The Hall–Kier alpha value is -2.73. The number of hydrogen-bond acceptors (Lipinski definition) is 5. The molecule has 0 amide bonds. The predicted molar refractivity (Wildman–Crippen MR) is 117 cm³/mol. The fraction of sp³-hybridized carbons (Fsp3) is 0.440. The summed E-state index contributed by atoms with van der Waals surface area (Å²) >= 11 is 0. The maximum atomic E-state index is 13.1. The van der Waals surface area contributed by atoms with Gasteiger partial charge in [-0.15, -0.1) is 0 Å². The first-order valence-electron chi connectivity index (χ1n) is 10.8. The second-order valence-corrected chi connectivity index (χ2v) is 8.04. The van der Waals surface area contributed by atoms with Gasteiger partial charge in [-0.1, -0.05) is 25.5 Å². The van der Waals surface area contributed by atoms with Crippen LogP contribution in [0.3, 0.4) is 0 Å². The zero-order valence-corrected chi connectivity index (χ0v) is 18.2. The van der Waals surface area contributed by atoms with Gasteiger partial charge in [0.25, 0.3) is 0 Å². The summed E-state index contributed by atoms with van der Waals surface area (Å²) < 4.78 is 23.5. The van der Waals surface area contributed by atoms with E-state index in [9.17, 15) is 14.0 Å². The Morgan fingerprint density at radius 2 is 1.81 bits per heavy atom. The summed E-state index contributed by atoms with van der Waals surface area (Å²) in [5.74, 6) is 0.286. The molecule has 0 unspecified atom stereocenters. The quantitative estimate of drug-likeness (QED) is 0.547. The molecule has 0 aliphatic carbocycles. The third-order valence-corrected chi connectivity index (χ3v) is 5.85. The number of carbonyl (C=O) groups excluding carboxylic acids is 2. The third-order valence-electron chi connectivity index (χ3n) is 5.85. The normalized spacial score (nSPS) is 17.7. The van der Waals surface area contributed by atoms with Crippen molar-refractivity contribution >= 4 is 11.8 Å². The van der Waals surface area contributed by atoms with Crippen LogP contribution >= 0.6 is 0 Å².